The summed E-state index contributed by atoms with van der Waals surface area (Å²) in [6, 6.07) is 7.09. The Labute approximate surface area is 162 Å². The summed E-state index contributed by atoms with van der Waals surface area (Å²) in [4.78, 5) is 29.5. The van der Waals surface area contributed by atoms with Gasteiger partial charge in [-0.05, 0) is 50.5 Å². The van der Waals surface area contributed by atoms with Crippen LogP contribution in [0, 0.1) is 0 Å². The second-order valence-electron chi connectivity index (χ2n) is 6.84. The van der Waals surface area contributed by atoms with Gasteiger partial charge in [-0.25, -0.2) is 9.59 Å². The van der Waals surface area contributed by atoms with Crippen molar-refractivity contribution in [3.63, 3.8) is 0 Å². The quantitative estimate of drug-likeness (QED) is 0.847. The largest absolute Gasteiger partial charge is 0.351 e. The Morgan fingerprint density at radius 3 is 2.44 bits per heavy atom. The van der Waals surface area contributed by atoms with Gasteiger partial charge in [0.15, 0.2) is 0 Å². The first-order valence-electron chi connectivity index (χ1n) is 9.95. The Kier molecular flexibility index (Phi) is 7.91. The molecular formula is C20H33N5O2. The third kappa shape index (κ3) is 5.35. The Balaban J connectivity index is 0.000000321. The maximum Gasteiger partial charge on any atom is 0.323 e. The Morgan fingerprint density at radius 1 is 1.19 bits per heavy atom. The predicted octanol–water partition coefficient (Wildman–Crippen LogP) is 3.27. The van der Waals surface area contributed by atoms with E-state index in [4.69, 9.17) is 5.73 Å². The van der Waals surface area contributed by atoms with Crippen molar-refractivity contribution in [3.8, 4) is 0 Å². The molecule has 2 aliphatic rings. The van der Waals surface area contributed by atoms with Gasteiger partial charge in [0.05, 0.1) is 6.54 Å². The fraction of sp³-hybridized carbons (Fsp3) is 0.600. The van der Waals surface area contributed by atoms with Crippen LogP contribution in [0.25, 0.3) is 0 Å². The van der Waals surface area contributed by atoms with E-state index in [0.29, 0.717) is 13.1 Å². The topological polar surface area (TPSA) is 81.9 Å². The molecule has 7 heteroatoms. The third-order valence-electron chi connectivity index (χ3n) is 5.32. The summed E-state index contributed by atoms with van der Waals surface area (Å²) in [7, 11) is 0. The fourth-order valence-corrected chi connectivity index (χ4v) is 3.63. The minimum absolute atomic E-state index is 0.165. The molecule has 0 bridgehead atoms. The van der Waals surface area contributed by atoms with Crippen LogP contribution >= 0.6 is 0 Å². The normalized spacial score (nSPS) is 19.1. The number of benzene rings is 1. The van der Waals surface area contributed by atoms with Gasteiger partial charge in [0, 0.05) is 12.2 Å². The molecule has 2 aliphatic heterocycles. The molecule has 0 radical (unpaired) electrons. The van der Waals surface area contributed by atoms with Gasteiger partial charge in [-0.15, -0.1) is 0 Å². The molecule has 1 aromatic rings. The molecule has 4 amide bonds. The molecule has 3 N–H and O–H groups in total. The summed E-state index contributed by atoms with van der Waals surface area (Å²) in [5.41, 5.74) is 7.33. The lowest BCUT2D eigenvalue weighted by Crippen LogP contribution is -2.58. The smallest absolute Gasteiger partial charge is 0.323 e. The van der Waals surface area contributed by atoms with Crippen molar-refractivity contribution in [2.24, 2.45) is 5.73 Å². The number of hydrogen-bond donors (Lipinski definition) is 2. The van der Waals surface area contributed by atoms with E-state index in [1.54, 1.807) is 9.80 Å². The molecule has 150 valence electrons. The molecule has 1 aromatic carbocycles. The van der Waals surface area contributed by atoms with Gasteiger partial charge in [0.2, 0.25) is 0 Å². The van der Waals surface area contributed by atoms with Crippen LogP contribution in [0.1, 0.15) is 45.6 Å². The van der Waals surface area contributed by atoms with Crippen LogP contribution in [0.5, 0.6) is 0 Å². The first kappa shape index (κ1) is 21.0. The maximum atomic E-state index is 12.3. The van der Waals surface area contributed by atoms with E-state index in [1.165, 1.54) is 19.6 Å². The summed E-state index contributed by atoms with van der Waals surface area (Å²) < 4.78 is 0. The van der Waals surface area contributed by atoms with Crippen LogP contribution in [0.15, 0.2) is 24.3 Å². The van der Waals surface area contributed by atoms with Crippen LogP contribution in [-0.4, -0.2) is 59.1 Å². The maximum absolute atomic E-state index is 12.3. The second kappa shape index (κ2) is 10.2. The number of nitrogens with zero attached hydrogens (tertiary/aromatic N) is 3. The number of hydrogen-bond acceptors (Lipinski definition) is 3. The molecule has 1 saturated heterocycles. The highest BCUT2D eigenvalue weighted by Crippen LogP contribution is 2.28. The van der Waals surface area contributed by atoms with Gasteiger partial charge in [-0.1, -0.05) is 39.0 Å². The monoisotopic (exact) mass is 375 g/mol. The van der Waals surface area contributed by atoms with Crippen LogP contribution in [0.4, 0.5) is 15.3 Å². The molecule has 27 heavy (non-hydrogen) atoms. The lowest BCUT2D eigenvalue weighted by atomic mass is 10.0. The van der Waals surface area contributed by atoms with E-state index in [1.807, 2.05) is 24.3 Å². The fourth-order valence-electron chi connectivity index (χ4n) is 3.63. The van der Waals surface area contributed by atoms with Crippen molar-refractivity contribution in [3.05, 3.63) is 29.8 Å². The van der Waals surface area contributed by atoms with Crippen molar-refractivity contribution in [2.75, 3.05) is 31.5 Å². The third-order valence-corrected chi connectivity index (χ3v) is 5.32. The lowest BCUT2D eigenvalue weighted by Gasteiger charge is -2.43. The average molecular weight is 376 g/mol. The number of rotatable bonds is 4. The molecule has 2 heterocycles. The standard InChI is InChI=1S/C14H18N4O2.C6H15N/c15-13(19)17-8-4-3-7-12(17)18-9-10-5-1-2-6-11(10)16-14(18)20;1-4-7(5-2)6-3/h1-2,5-6,12H,3-4,7-9H2,(H2,15,19)(H,16,20);4-6H2,1-3H3. The number of amides is 4. The Hall–Kier alpha value is -2.28. The number of para-hydroxylation sites is 1. The number of urea groups is 2. The Bertz CT molecular complexity index is 627. The van der Waals surface area contributed by atoms with Gasteiger partial charge in [-0.2, -0.15) is 0 Å². The molecule has 0 aromatic heterocycles. The molecule has 1 fully saturated rings. The van der Waals surface area contributed by atoms with Crippen LogP contribution in [0.3, 0.4) is 0 Å². The zero-order valence-electron chi connectivity index (χ0n) is 16.8. The number of fused-ring (bicyclic) bond motifs is 1. The van der Waals surface area contributed by atoms with Gasteiger partial charge in [0.1, 0.15) is 6.17 Å². The first-order valence-corrected chi connectivity index (χ1v) is 9.95. The van der Waals surface area contributed by atoms with Crippen molar-refractivity contribution >= 4 is 17.7 Å². The zero-order chi connectivity index (χ0) is 19.8. The number of anilines is 1. The molecule has 7 nitrogen and oxygen atoms in total. The van der Waals surface area contributed by atoms with Gasteiger partial charge in [-0.3, -0.25) is 4.90 Å². The van der Waals surface area contributed by atoms with Crippen molar-refractivity contribution < 1.29 is 9.59 Å². The number of nitrogens with one attached hydrogen (secondary N) is 1. The number of piperidine rings is 1. The molecule has 0 aliphatic carbocycles. The highest BCUT2D eigenvalue weighted by Gasteiger charge is 2.35. The summed E-state index contributed by atoms with van der Waals surface area (Å²) >= 11 is 0. The SMILES string of the molecule is CCN(CC)CC.NC(=O)N1CCCCC1N1Cc2ccccc2NC1=O. The van der Waals surface area contributed by atoms with E-state index < -0.39 is 6.03 Å². The zero-order valence-corrected chi connectivity index (χ0v) is 16.8. The highest BCUT2D eigenvalue weighted by molar-refractivity contribution is 5.92. The molecule has 0 spiro atoms. The summed E-state index contributed by atoms with van der Waals surface area (Å²) in [5, 5.41) is 2.87. The van der Waals surface area contributed by atoms with E-state index in [9.17, 15) is 9.59 Å². The van der Waals surface area contributed by atoms with Crippen molar-refractivity contribution in [2.45, 2.75) is 52.7 Å². The van der Waals surface area contributed by atoms with Crippen LogP contribution < -0.4 is 11.1 Å². The number of carbonyl (C=O) groups is 2. The van der Waals surface area contributed by atoms with Crippen molar-refractivity contribution in [1.82, 2.24) is 14.7 Å². The molecular weight excluding hydrogens is 342 g/mol. The summed E-state index contributed by atoms with van der Waals surface area (Å²) in [6.45, 7) is 11.3. The number of primary amides is 1. The summed E-state index contributed by atoms with van der Waals surface area (Å²) in [6.07, 6.45) is 2.47. The second-order valence-corrected chi connectivity index (χ2v) is 6.84. The minimum Gasteiger partial charge on any atom is -0.351 e. The lowest BCUT2D eigenvalue weighted by molar-refractivity contribution is 0.0623. The van der Waals surface area contributed by atoms with Gasteiger partial charge < -0.3 is 20.9 Å². The first-order chi connectivity index (χ1) is 13.0. The highest BCUT2D eigenvalue weighted by atomic mass is 16.2. The molecule has 0 saturated carbocycles. The number of carbonyl (C=O) groups excluding carboxylic acids is 2. The minimum atomic E-state index is -0.457. The average Bonchev–Trinajstić information content (AvgIpc) is 2.69. The van der Waals surface area contributed by atoms with E-state index in [0.717, 1.165) is 30.5 Å². The molecule has 1 unspecified atom stereocenters. The van der Waals surface area contributed by atoms with Crippen LogP contribution in [0.2, 0.25) is 0 Å². The van der Waals surface area contributed by atoms with Crippen LogP contribution in [-0.2, 0) is 6.54 Å². The Morgan fingerprint density at radius 2 is 1.85 bits per heavy atom. The number of likely N-dealkylation sites (tertiary alicyclic amines) is 1. The van der Waals surface area contributed by atoms with E-state index >= 15 is 0 Å². The van der Waals surface area contributed by atoms with Crippen molar-refractivity contribution in [1.29, 1.82) is 0 Å². The predicted molar refractivity (Wildman–Crippen MR) is 108 cm³/mol. The van der Waals surface area contributed by atoms with E-state index in [2.05, 4.69) is 31.0 Å². The number of nitrogens with two attached hydrogens (primary N) is 1. The van der Waals surface area contributed by atoms with Gasteiger partial charge >= 0.3 is 12.1 Å². The molecule has 3 rings (SSSR count). The van der Waals surface area contributed by atoms with Gasteiger partial charge in [0.25, 0.3) is 0 Å². The van der Waals surface area contributed by atoms with E-state index in [-0.39, 0.29) is 12.2 Å². The summed E-state index contributed by atoms with van der Waals surface area (Å²) in [5.74, 6) is 0. The molecule has 1 atom stereocenters.